The first-order valence-corrected chi connectivity index (χ1v) is 10.3. The minimum Gasteiger partial charge on any atom is -0.493 e. The summed E-state index contributed by atoms with van der Waals surface area (Å²) in [5, 5.41) is 10.1. The van der Waals surface area contributed by atoms with E-state index in [1.165, 1.54) is 6.33 Å². The fourth-order valence-electron chi connectivity index (χ4n) is 3.39. The number of hydrogen-bond donors (Lipinski definition) is 2. The molecule has 3 N–H and O–H groups in total. The quantitative estimate of drug-likeness (QED) is 0.679. The van der Waals surface area contributed by atoms with Crippen LogP contribution in [0, 0.1) is 0 Å². The molecule has 31 heavy (non-hydrogen) atoms. The van der Waals surface area contributed by atoms with E-state index in [1.807, 2.05) is 26.8 Å². The van der Waals surface area contributed by atoms with E-state index < -0.39 is 11.8 Å². The Morgan fingerprint density at radius 2 is 1.97 bits per heavy atom. The van der Waals surface area contributed by atoms with Gasteiger partial charge in [0.1, 0.15) is 30.6 Å². The lowest BCUT2D eigenvalue weighted by Gasteiger charge is -2.27. The van der Waals surface area contributed by atoms with Gasteiger partial charge in [-0.15, -0.1) is 0 Å². The lowest BCUT2D eigenvalue weighted by molar-refractivity contribution is 0.0263. The molecule has 10 heteroatoms. The molecule has 2 aromatic rings. The predicted molar refractivity (Wildman–Crippen MR) is 116 cm³/mol. The monoisotopic (exact) mass is 433 g/mol. The van der Waals surface area contributed by atoms with Crippen LogP contribution in [0.25, 0.3) is 10.9 Å². The maximum absolute atomic E-state index is 12.5. The summed E-state index contributed by atoms with van der Waals surface area (Å²) in [5.74, 6) is 1.70. The second-order valence-corrected chi connectivity index (χ2v) is 8.40. The molecule has 3 rings (SSSR count). The number of rotatable bonds is 5. The van der Waals surface area contributed by atoms with Gasteiger partial charge in [-0.05, 0) is 33.3 Å². The summed E-state index contributed by atoms with van der Waals surface area (Å²) in [5.41, 5.74) is 5.52. The number of anilines is 1. The molecule has 170 valence electrons. The topological polar surface area (TPSA) is 123 Å². The van der Waals surface area contributed by atoms with Gasteiger partial charge in [-0.1, -0.05) is 0 Å². The third kappa shape index (κ3) is 5.86. The maximum atomic E-state index is 12.5. The molecule has 1 aliphatic heterocycles. The normalized spacial score (nSPS) is 16.1. The van der Waals surface area contributed by atoms with Crippen LogP contribution in [0.4, 0.5) is 10.6 Å². The Balaban J connectivity index is 1.83. The lowest BCUT2D eigenvalue weighted by Crippen LogP contribution is -2.39. The van der Waals surface area contributed by atoms with Crippen LogP contribution in [-0.2, 0) is 4.74 Å². The van der Waals surface area contributed by atoms with Crippen molar-refractivity contribution >= 4 is 22.8 Å². The first-order chi connectivity index (χ1) is 14.7. The summed E-state index contributed by atoms with van der Waals surface area (Å²) in [6.07, 6.45) is 0.901. The van der Waals surface area contributed by atoms with Crippen molar-refractivity contribution in [2.45, 2.75) is 39.0 Å². The van der Waals surface area contributed by atoms with E-state index in [-0.39, 0.29) is 12.7 Å². The zero-order chi connectivity index (χ0) is 22.6. The van der Waals surface area contributed by atoms with Crippen LogP contribution in [0.15, 0.2) is 18.5 Å². The number of carbonyl (C=O) groups is 1. The number of methoxy groups -OCH3 is 1. The first-order valence-electron chi connectivity index (χ1n) is 10.3. The number of aliphatic hydroxyl groups is 1. The third-order valence-electron chi connectivity index (χ3n) is 4.76. The Morgan fingerprint density at radius 3 is 2.65 bits per heavy atom. The summed E-state index contributed by atoms with van der Waals surface area (Å²) in [6, 6.07) is 3.56. The summed E-state index contributed by atoms with van der Waals surface area (Å²) in [4.78, 5) is 25.2. The number of amides is 1. The van der Waals surface area contributed by atoms with E-state index in [4.69, 9.17) is 19.9 Å². The number of nitrogens with zero attached hydrogens (tertiary/aromatic N) is 4. The largest absolute Gasteiger partial charge is 0.493 e. The highest BCUT2D eigenvalue weighted by molar-refractivity contribution is 5.92. The number of carbonyl (C=O) groups excluding carboxylic acids is 1. The van der Waals surface area contributed by atoms with E-state index in [9.17, 15) is 9.90 Å². The Labute approximate surface area is 181 Å². The molecule has 1 fully saturated rings. The zero-order valence-corrected chi connectivity index (χ0v) is 18.5. The van der Waals surface area contributed by atoms with Gasteiger partial charge in [-0.2, -0.15) is 0 Å². The van der Waals surface area contributed by atoms with Crippen LogP contribution < -0.4 is 20.1 Å². The van der Waals surface area contributed by atoms with E-state index in [1.54, 1.807) is 18.1 Å². The Hall–Kier alpha value is -2.85. The number of aromatic nitrogens is 2. The van der Waals surface area contributed by atoms with Crippen molar-refractivity contribution in [1.82, 2.24) is 14.9 Å². The lowest BCUT2D eigenvalue weighted by atomic mass is 10.2. The van der Waals surface area contributed by atoms with Crippen molar-refractivity contribution in [3.63, 3.8) is 0 Å². The number of fused-ring (bicyclic) bond motifs is 1. The Bertz CT molecular complexity index is 915. The zero-order valence-electron chi connectivity index (χ0n) is 18.5. The van der Waals surface area contributed by atoms with Gasteiger partial charge in [0, 0.05) is 37.6 Å². The van der Waals surface area contributed by atoms with Gasteiger partial charge in [-0.3, -0.25) is 0 Å². The highest BCUT2D eigenvalue weighted by atomic mass is 16.6. The van der Waals surface area contributed by atoms with Crippen molar-refractivity contribution < 1.29 is 24.1 Å². The molecule has 1 atom stereocenters. The van der Waals surface area contributed by atoms with E-state index in [2.05, 4.69) is 14.9 Å². The molecule has 1 aromatic heterocycles. The molecule has 0 saturated carbocycles. The van der Waals surface area contributed by atoms with E-state index >= 15 is 0 Å². The second-order valence-electron chi connectivity index (χ2n) is 8.40. The van der Waals surface area contributed by atoms with Gasteiger partial charge in [0.05, 0.1) is 12.6 Å². The predicted octanol–water partition coefficient (Wildman–Crippen LogP) is 1.74. The van der Waals surface area contributed by atoms with Crippen LogP contribution >= 0.6 is 0 Å². The van der Waals surface area contributed by atoms with Gasteiger partial charge < -0.3 is 34.9 Å². The van der Waals surface area contributed by atoms with Crippen LogP contribution in [-0.4, -0.2) is 77.8 Å². The SMILES string of the molecule is COc1cc2c(N3CCCN(C(=O)OC(C)(C)C)CC3)ncnc2cc1OCC(N)O. The molecule has 0 bridgehead atoms. The maximum Gasteiger partial charge on any atom is 0.410 e. The molecular weight excluding hydrogens is 402 g/mol. The highest BCUT2D eigenvalue weighted by Crippen LogP contribution is 2.35. The standard InChI is InChI=1S/C21H31N5O5/c1-21(2,3)31-20(28)26-7-5-6-25(8-9-26)19-14-10-16(29-4)17(30-12-18(22)27)11-15(14)23-13-24-19/h10-11,13,18,27H,5-9,12,22H2,1-4H3. The van der Waals surface area contributed by atoms with Crippen LogP contribution in [0.5, 0.6) is 11.5 Å². The molecule has 1 amide bonds. The first kappa shape index (κ1) is 22.8. The minimum absolute atomic E-state index is 0.0631. The molecular formula is C21H31N5O5. The molecule has 0 aliphatic carbocycles. The van der Waals surface area contributed by atoms with Crippen molar-refractivity contribution in [2.24, 2.45) is 5.73 Å². The molecule has 0 spiro atoms. The molecule has 0 radical (unpaired) electrons. The van der Waals surface area contributed by atoms with Gasteiger partial charge in [0.25, 0.3) is 0 Å². The molecule has 10 nitrogen and oxygen atoms in total. The van der Waals surface area contributed by atoms with Gasteiger partial charge >= 0.3 is 6.09 Å². The van der Waals surface area contributed by atoms with Crippen molar-refractivity contribution in [2.75, 3.05) is 44.8 Å². The number of hydrogen-bond acceptors (Lipinski definition) is 9. The highest BCUT2D eigenvalue weighted by Gasteiger charge is 2.25. The summed E-state index contributed by atoms with van der Waals surface area (Å²) < 4.78 is 16.5. The smallest absolute Gasteiger partial charge is 0.410 e. The van der Waals surface area contributed by atoms with Crippen LogP contribution in [0.2, 0.25) is 0 Å². The number of benzene rings is 1. The summed E-state index contributed by atoms with van der Waals surface area (Å²) in [7, 11) is 1.54. The van der Waals surface area contributed by atoms with Crippen LogP contribution in [0.1, 0.15) is 27.2 Å². The molecule has 1 aliphatic rings. The van der Waals surface area contributed by atoms with Crippen molar-refractivity contribution in [1.29, 1.82) is 0 Å². The minimum atomic E-state index is -1.09. The molecule has 1 unspecified atom stereocenters. The molecule has 2 heterocycles. The second kappa shape index (κ2) is 9.52. The Kier molecular flexibility index (Phi) is 7.01. The van der Waals surface area contributed by atoms with E-state index in [0.717, 1.165) is 24.2 Å². The van der Waals surface area contributed by atoms with Crippen LogP contribution in [0.3, 0.4) is 0 Å². The molecule has 1 saturated heterocycles. The van der Waals surface area contributed by atoms with Gasteiger partial charge in [0.2, 0.25) is 0 Å². The van der Waals surface area contributed by atoms with Gasteiger partial charge in [0.15, 0.2) is 11.5 Å². The van der Waals surface area contributed by atoms with Gasteiger partial charge in [-0.25, -0.2) is 14.8 Å². The van der Waals surface area contributed by atoms with Crippen molar-refractivity contribution in [3.05, 3.63) is 18.5 Å². The third-order valence-corrected chi connectivity index (χ3v) is 4.76. The average molecular weight is 434 g/mol. The summed E-state index contributed by atoms with van der Waals surface area (Å²) >= 11 is 0. The fourth-order valence-corrected chi connectivity index (χ4v) is 3.39. The average Bonchev–Trinajstić information content (AvgIpc) is 2.96. The Morgan fingerprint density at radius 1 is 1.19 bits per heavy atom. The summed E-state index contributed by atoms with van der Waals surface area (Å²) in [6.45, 7) is 8.04. The van der Waals surface area contributed by atoms with Crippen molar-refractivity contribution in [3.8, 4) is 11.5 Å². The number of nitrogens with two attached hydrogens (primary N) is 1. The van der Waals surface area contributed by atoms with E-state index in [0.29, 0.717) is 36.6 Å². The number of ether oxygens (including phenoxy) is 3. The number of aliphatic hydroxyl groups excluding tert-OH is 1. The fraction of sp³-hybridized carbons (Fsp3) is 0.571. The molecule has 1 aromatic carbocycles.